The molecule has 0 aliphatic carbocycles. The van der Waals surface area contributed by atoms with Gasteiger partial charge in [0.2, 0.25) is 0 Å². The highest BCUT2D eigenvalue weighted by Gasteiger charge is 2.11. The second kappa shape index (κ2) is 9.53. The van der Waals surface area contributed by atoms with Crippen LogP contribution in [0, 0.1) is 13.8 Å². The first-order valence-electron chi connectivity index (χ1n) is 9.43. The third-order valence-corrected chi connectivity index (χ3v) is 4.47. The van der Waals surface area contributed by atoms with Crippen LogP contribution in [0.15, 0.2) is 30.5 Å². The number of aromatic nitrogens is 2. The van der Waals surface area contributed by atoms with Gasteiger partial charge in [-0.25, -0.2) is 4.68 Å². The zero-order valence-corrected chi connectivity index (χ0v) is 16.1. The fraction of sp³-hybridized carbons (Fsp3) is 0.500. The second-order valence-corrected chi connectivity index (χ2v) is 6.90. The zero-order valence-electron chi connectivity index (χ0n) is 16.1. The van der Waals surface area contributed by atoms with Gasteiger partial charge in [0.05, 0.1) is 13.2 Å². The molecule has 27 heavy (non-hydrogen) atoms. The Morgan fingerprint density at radius 3 is 2.70 bits per heavy atom. The van der Waals surface area contributed by atoms with Crippen LogP contribution in [0.5, 0.6) is 5.75 Å². The van der Waals surface area contributed by atoms with E-state index in [1.807, 2.05) is 26.0 Å². The van der Waals surface area contributed by atoms with Gasteiger partial charge in [-0.05, 0) is 56.1 Å². The van der Waals surface area contributed by atoms with Crippen LogP contribution in [-0.2, 0) is 11.5 Å². The Morgan fingerprint density at radius 2 is 1.96 bits per heavy atom. The molecule has 1 aliphatic rings. The van der Waals surface area contributed by atoms with E-state index in [1.54, 1.807) is 16.9 Å². The average molecular weight is 372 g/mol. The third kappa shape index (κ3) is 6.08. The minimum Gasteiger partial charge on any atom is -0.471 e. The van der Waals surface area contributed by atoms with Crippen molar-refractivity contribution in [2.75, 3.05) is 39.4 Å². The van der Waals surface area contributed by atoms with Gasteiger partial charge in [0.1, 0.15) is 11.4 Å². The summed E-state index contributed by atoms with van der Waals surface area (Å²) in [5.41, 5.74) is 2.72. The maximum atomic E-state index is 12.2. The number of morpholine rings is 1. The van der Waals surface area contributed by atoms with E-state index in [1.165, 1.54) is 0 Å². The molecule has 146 valence electrons. The molecule has 0 unspecified atom stereocenters. The molecule has 1 aromatic heterocycles. The van der Waals surface area contributed by atoms with Gasteiger partial charge in [-0.1, -0.05) is 6.07 Å². The van der Waals surface area contributed by atoms with Gasteiger partial charge >= 0.3 is 0 Å². The minimum atomic E-state index is -0.151. The molecule has 0 bridgehead atoms. The molecular weight excluding hydrogens is 344 g/mol. The number of hydrogen-bond donors (Lipinski definition) is 1. The highest BCUT2D eigenvalue weighted by atomic mass is 16.5. The predicted molar refractivity (Wildman–Crippen MR) is 103 cm³/mol. The summed E-state index contributed by atoms with van der Waals surface area (Å²) in [6.07, 6.45) is 2.67. The normalized spacial score (nSPS) is 14.9. The van der Waals surface area contributed by atoms with Crippen LogP contribution in [-0.4, -0.2) is 60.0 Å². The standard InChI is InChI=1S/C20H28N4O3/c1-16-12-17(2)14-18(13-16)27-15-24-7-4-19(22-24)20(25)21-5-3-6-23-8-10-26-11-9-23/h4,7,12-14H,3,5-6,8-11,15H2,1-2H3,(H,21,25). The summed E-state index contributed by atoms with van der Waals surface area (Å²) in [4.78, 5) is 14.6. The van der Waals surface area contributed by atoms with Gasteiger partial charge in [-0.15, -0.1) is 0 Å². The largest absolute Gasteiger partial charge is 0.471 e. The molecule has 0 saturated carbocycles. The van der Waals surface area contributed by atoms with Crippen molar-refractivity contribution < 1.29 is 14.3 Å². The molecule has 1 saturated heterocycles. The molecule has 2 heterocycles. The van der Waals surface area contributed by atoms with E-state index in [-0.39, 0.29) is 12.6 Å². The lowest BCUT2D eigenvalue weighted by Gasteiger charge is -2.26. The second-order valence-electron chi connectivity index (χ2n) is 6.90. The van der Waals surface area contributed by atoms with Crippen molar-refractivity contribution in [3.63, 3.8) is 0 Å². The summed E-state index contributed by atoms with van der Waals surface area (Å²) in [7, 11) is 0. The van der Waals surface area contributed by atoms with E-state index < -0.39 is 0 Å². The van der Waals surface area contributed by atoms with Gasteiger partial charge in [-0.3, -0.25) is 9.69 Å². The summed E-state index contributed by atoms with van der Waals surface area (Å²) >= 11 is 0. The lowest BCUT2D eigenvalue weighted by atomic mass is 10.1. The first kappa shape index (κ1) is 19.4. The maximum absolute atomic E-state index is 12.2. The highest BCUT2D eigenvalue weighted by molar-refractivity contribution is 5.92. The number of rotatable bonds is 8. The number of ether oxygens (including phenoxy) is 2. The predicted octanol–water partition coefficient (Wildman–Crippen LogP) is 1.99. The van der Waals surface area contributed by atoms with E-state index in [0.717, 1.165) is 56.1 Å². The van der Waals surface area contributed by atoms with Crippen molar-refractivity contribution in [3.05, 3.63) is 47.3 Å². The molecule has 0 atom stereocenters. The molecule has 0 radical (unpaired) electrons. The Labute approximate surface area is 160 Å². The summed E-state index contributed by atoms with van der Waals surface area (Å²) in [5.74, 6) is 0.652. The summed E-state index contributed by atoms with van der Waals surface area (Å²) in [5, 5.41) is 7.22. The Morgan fingerprint density at radius 1 is 1.22 bits per heavy atom. The molecule has 1 amide bonds. The van der Waals surface area contributed by atoms with Crippen LogP contribution in [0.4, 0.5) is 0 Å². The van der Waals surface area contributed by atoms with Crippen LogP contribution < -0.4 is 10.1 Å². The third-order valence-electron chi connectivity index (χ3n) is 4.47. The van der Waals surface area contributed by atoms with Crippen molar-refractivity contribution in [1.82, 2.24) is 20.0 Å². The van der Waals surface area contributed by atoms with Crippen LogP contribution >= 0.6 is 0 Å². The smallest absolute Gasteiger partial charge is 0.271 e. The van der Waals surface area contributed by atoms with Crippen LogP contribution in [0.3, 0.4) is 0 Å². The van der Waals surface area contributed by atoms with Crippen LogP contribution in [0.2, 0.25) is 0 Å². The fourth-order valence-corrected chi connectivity index (χ4v) is 3.13. The number of carbonyl (C=O) groups excluding carboxylic acids is 1. The van der Waals surface area contributed by atoms with Gasteiger partial charge in [0.15, 0.2) is 6.73 Å². The van der Waals surface area contributed by atoms with Gasteiger partial charge < -0.3 is 14.8 Å². The Balaban J connectivity index is 1.40. The highest BCUT2D eigenvalue weighted by Crippen LogP contribution is 2.16. The molecule has 1 fully saturated rings. The Hall–Kier alpha value is -2.38. The molecule has 0 spiro atoms. The van der Waals surface area contributed by atoms with E-state index in [9.17, 15) is 4.79 Å². The molecule has 7 nitrogen and oxygen atoms in total. The number of carbonyl (C=O) groups is 1. The Kier molecular flexibility index (Phi) is 6.84. The van der Waals surface area contributed by atoms with Crippen molar-refractivity contribution in [3.8, 4) is 5.75 Å². The Bertz CT molecular complexity index is 733. The summed E-state index contributed by atoms with van der Waals surface area (Å²) in [6.45, 7) is 9.50. The monoisotopic (exact) mass is 372 g/mol. The van der Waals surface area contributed by atoms with Gasteiger partial charge in [-0.2, -0.15) is 5.10 Å². The maximum Gasteiger partial charge on any atom is 0.271 e. The molecule has 1 N–H and O–H groups in total. The van der Waals surface area contributed by atoms with Gasteiger partial charge in [0.25, 0.3) is 5.91 Å². The molecule has 7 heteroatoms. The average Bonchev–Trinajstić information content (AvgIpc) is 3.13. The topological polar surface area (TPSA) is 68.6 Å². The van der Waals surface area contributed by atoms with Crippen molar-refractivity contribution in [2.45, 2.75) is 27.0 Å². The number of hydrogen-bond acceptors (Lipinski definition) is 5. The molecule has 1 aromatic carbocycles. The van der Waals surface area contributed by atoms with E-state index in [4.69, 9.17) is 9.47 Å². The lowest BCUT2D eigenvalue weighted by Crippen LogP contribution is -2.38. The minimum absolute atomic E-state index is 0.151. The quantitative estimate of drug-likeness (QED) is 0.718. The number of benzene rings is 1. The summed E-state index contributed by atoms with van der Waals surface area (Å²) in [6, 6.07) is 7.78. The van der Waals surface area contributed by atoms with Crippen LogP contribution in [0.1, 0.15) is 28.0 Å². The fourth-order valence-electron chi connectivity index (χ4n) is 3.13. The molecular formula is C20H28N4O3. The van der Waals surface area contributed by atoms with E-state index >= 15 is 0 Å². The number of nitrogens with zero attached hydrogens (tertiary/aromatic N) is 3. The zero-order chi connectivity index (χ0) is 19.1. The first-order valence-corrected chi connectivity index (χ1v) is 9.43. The van der Waals surface area contributed by atoms with E-state index in [2.05, 4.69) is 21.4 Å². The molecule has 2 aromatic rings. The lowest BCUT2D eigenvalue weighted by molar-refractivity contribution is 0.0374. The van der Waals surface area contributed by atoms with Crippen molar-refractivity contribution in [1.29, 1.82) is 0 Å². The summed E-state index contributed by atoms with van der Waals surface area (Å²) < 4.78 is 12.7. The number of amides is 1. The SMILES string of the molecule is Cc1cc(C)cc(OCn2ccc(C(=O)NCCCN3CCOCC3)n2)c1. The molecule has 3 rings (SSSR count). The first-order chi connectivity index (χ1) is 13.1. The number of nitrogens with one attached hydrogen (secondary N) is 1. The van der Waals surface area contributed by atoms with Crippen molar-refractivity contribution >= 4 is 5.91 Å². The van der Waals surface area contributed by atoms with Crippen molar-refractivity contribution in [2.24, 2.45) is 0 Å². The number of aryl methyl sites for hydroxylation is 2. The van der Waals surface area contributed by atoms with Gasteiger partial charge in [0, 0.05) is 25.8 Å². The van der Waals surface area contributed by atoms with E-state index in [0.29, 0.717) is 12.2 Å². The van der Waals surface area contributed by atoms with Crippen LogP contribution in [0.25, 0.3) is 0 Å². The molecule has 1 aliphatic heterocycles.